The zero-order valence-electron chi connectivity index (χ0n) is 11.6. The van der Waals surface area contributed by atoms with Gasteiger partial charge in [-0.2, -0.15) is 0 Å². The lowest BCUT2D eigenvalue weighted by Crippen LogP contribution is -2.19. The topological polar surface area (TPSA) is 21.3 Å². The molecule has 0 fully saturated rings. The molecule has 0 spiro atoms. The molecule has 0 aliphatic rings. The molecule has 1 atom stereocenters. The van der Waals surface area contributed by atoms with Crippen LogP contribution in [0.5, 0.6) is 5.75 Å². The lowest BCUT2D eigenvalue weighted by molar-refractivity contribution is 0.415. The molecule has 18 heavy (non-hydrogen) atoms. The maximum absolute atomic E-state index is 5.25. The summed E-state index contributed by atoms with van der Waals surface area (Å²) in [6, 6.07) is 2.63. The molecule has 1 unspecified atom stereocenters. The van der Waals surface area contributed by atoms with E-state index >= 15 is 0 Å². The average molecular weight is 267 g/mol. The normalized spacial score (nSPS) is 12.3. The summed E-state index contributed by atoms with van der Waals surface area (Å²) in [4.78, 5) is 1.39. The summed E-state index contributed by atoms with van der Waals surface area (Å²) < 4.78 is 5.25. The Hall–Kier alpha value is -0.800. The second-order valence-electron chi connectivity index (χ2n) is 4.43. The Bertz CT molecular complexity index is 335. The van der Waals surface area contributed by atoms with Gasteiger partial charge in [-0.1, -0.05) is 25.8 Å². The van der Waals surface area contributed by atoms with Crippen molar-refractivity contribution >= 4 is 11.3 Å². The first-order valence-electron chi connectivity index (χ1n) is 6.78. The van der Waals surface area contributed by atoms with Gasteiger partial charge in [-0.3, -0.25) is 0 Å². The third-order valence-corrected chi connectivity index (χ3v) is 4.05. The fourth-order valence-electron chi connectivity index (χ4n) is 2.03. The second kappa shape index (κ2) is 9.17. The van der Waals surface area contributed by atoms with Gasteiger partial charge in [-0.25, -0.2) is 0 Å². The second-order valence-corrected chi connectivity index (χ2v) is 5.37. The molecule has 0 aliphatic heterocycles. The third kappa shape index (κ3) is 5.23. The molecule has 0 aliphatic carbocycles. The van der Waals surface area contributed by atoms with Crippen LogP contribution in [0.4, 0.5) is 0 Å². The molecular weight excluding hydrogens is 242 g/mol. The van der Waals surface area contributed by atoms with Gasteiger partial charge < -0.3 is 10.1 Å². The summed E-state index contributed by atoms with van der Waals surface area (Å²) in [6.45, 7) is 6.93. The van der Waals surface area contributed by atoms with Crippen molar-refractivity contribution in [3.05, 3.63) is 29.0 Å². The van der Waals surface area contributed by atoms with Gasteiger partial charge in [-0.05, 0) is 31.9 Å². The van der Waals surface area contributed by atoms with Crippen molar-refractivity contribution in [2.45, 2.75) is 45.1 Å². The Morgan fingerprint density at radius 1 is 1.44 bits per heavy atom. The van der Waals surface area contributed by atoms with Crippen LogP contribution in [-0.2, 0) is 0 Å². The molecule has 0 bridgehead atoms. The molecule has 0 aromatic carbocycles. The molecule has 3 heteroatoms. The van der Waals surface area contributed by atoms with E-state index in [-0.39, 0.29) is 0 Å². The van der Waals surface area contributed by atoms with E-state index in [2.05, 4.69) is 30.3 Å². The van der Waals surface area contributed by atoms with Crippen LogP contribution in [0.25, 0.3) is 0 Å². The molecule has 102 valence electrons. The fraction of sp³-hybridized carbons (Fsp3) is 0.600. The predicted molar refractivity (Wildman–Crippen MR) is 80.6 cm³/mol. The van der Waals surface area contributed by atoms with Gasteiger partial charge in [0.25, 0.3) is 0 Å². The van der Waals surface area contributed by atoms with E-state index in [0.717, 1.165) is 18.7 Å². The molecule has 0 radical (unpaired) electrons. The maximum atomic E-state index is 5.25. The first-order chi connectivity index (χ1) is 8.81. The highest BCUT2D eigenvalue weighted by Gasteiger charge is 2.12. The van der Waals surface area contributed by atoms with Gasteiger partial charge in [0.05, 0.1) is 7.11 Å². The molecule has 1 N–H and O–H groups in total. The van der Waals surface area contributed by atoms with Crippen LogP contribution in [-0.4, -0.2) is 13.7 Å². The van der Waals surface area contributed by atoms with Crippen molar-refractivity contribution in [1.29, 1.82) is 0 Å². The van der Waals surface area contributed by atoms with Crippen LogP contribution in [0.3, 0.4) is 0 Å². The van der Waals surface area contributed by atoms with Gasteiger partial charge in [0.15, 0.2) is 0 Å². The Morgan fingerprint density at radius 3 is 2.89 bits per heavy atom. The average Bonchev–Trinajstić information content (AvgIpc) is 2.86. The number of nitrogens with one attached hydrogen (secondary N) is 1. The van der Waals surface area contributed by atoms with Crippen molar-refractivity contribution < 1.29 is 4.74 Å². The summed E-state index contributed by atoms with van der Waals surface area (Å²) >= 11 is 1.79. The lowest BCUT2D eigenvalue weighted by atomic mass is 10.1. The van der Waals surface area contributed by atoms with Crippen molar-refractivity contribution in [3.63, 3.8) is 0 Å². The Balaban J connectivity index is 2.41. The number of hydrogen-bond donors (Lipinski definition) is 1. The Morgan fingerprint density at radius 2 is 2.28 bits per heavy atom. The molecule has 0 amide bonds. The molecule has 1 rings (SSSR count). The lowest BCUT2D eigenvalue weighted by Gasteiger charge is -2.16. The highest BCUT2D eigenvalue weighted by Crippen LogP contribution is 2.29. The largest absolute Gasteiger partial charge is 0.496 e. The molecule has 0 saturated carbocycles. The van der Waals surface area contributed by atoms with Crippen molar-refractivity contribution in [1.82, 2.24) is 5.32 Å². The number of unbranched alkanes of at least 4 members (excludes halogenated alkanes) is 3. The SMILES string of the molecule is C=CCCCCCC(NCC)c1cc(OC)cs1. The number of methoxy groups -OCH3 is 1. The van der Waals surface area contributed by atoms with Gasteiger partial charge >= 0.3 is 0 Å². The summed E-state index contributed by atoms with van der Waals surface area (Å²) in [5.41, 5.74) is 0. The number of hydrogen-bond acceptors (Lipinski definition) is 3. The zero-order valence-corrected chi connectivity index (χ0v) is 12.4. The van der Waals surface area contributed by atoms with Gasteiger partial charge in [0.2, 0.25) is 0 Å². The monoisotopic (exact) mass is 267 g/mol. The molecule has 0 saturated heterocycles. The zero-order chi connectivity index (χ0) is 13.2. The molecule has 1 heterocycles. The summed E-state index contributed by atoms with van der Waals surface area (Å²) in [7, 11) is 1.73. The number of thiophene rings is 1. The molecule has 1 aromatic heterocycles. The summed E-state index contributed by atoms with van der Waals surface area (Å²) in [5.74, 6) is 0.976. The van der Waals surface area contributed by atoms with E-state index < -0.39 is 0 Å². The minimum Gasteiger partial charge on any atom is -0.496 e. The van der Waals surface area contributed by atoms with Crippen molar-refractivity contribution in [2.24, 2.45) is 0 Å². The van der Waals surface area contributed by atoms with Gasteiger partial charge in [0, 0.05) is 16.3 Å². The molecule has 1 aromatic rings. The Kier molecular flexibility index (Phi) is 7.78. The Labute approximate surface area is 115 Å². The molecular formula is C15H25NOS. The molecule has 2 nitrogen and oxygen atoms in total. The minimum absolute atomic E-state index is 0.479. The maximum Gasteiger partial charge on any atom is 0.129 e. The van der Waals surface area contributed by atoms with Crippen LogP contribution in [0.1, 0.15) is 49.9 Å². The first kappa shape index (κ1) is 15.3. The summed E-state index contributed by atoms with van der Waals surface area (Å²) in [6.07, 6.45) is 8.16. The standard InChI is InChI=1S/C15H25NOS/c1-4-6-7-8-9-10-14(16-5-2)15-11-13(17-3)12-18-15/h4,11-12,14,16H,1,5-10H2,2-3H3. The van der Waals surface area contributed by atoms with Gasteiger partial charge in [-0.15, -0.1) is 17.9 Å². The smallest absolute Gasteiger partial charge is 0.129 e. The van der Waals surface area contributed by atoms with E-state index in [1.807, 2.05) is 6.08 Å². The van der Waals surface area contributed by atoms with E-state index in [1.165, 1.54) is 30.6 Å². The predicted octanol–water partition coefficient (Wildman–Crippen LogP) is 4.54. The third-order valence-electron chi connectivity index (χ3n) is 3.03. The quantitative estimate of drug-likeness (QED) is 0.496. The van der Waals surface area contributed by atoms with Crippen LogP contribution in [0.2, 0.25) is 0 Å². The van der Waals surface area contributed by atoms with Crippen LogP contribution in [0, 0.1) is 0 Å². The van der Waals surface area contributed by atoms with Crippen LogP contribution >= 0.6 is 11.3 Å². The highest BCUT2D eigenvalue weighted by molar-refractivity contribution is 7.10. The summed E-state index contributed by atoms with van der Waals surface area (Å²) in [5, 5.41) is 5.64. The van der Waals surface area contributed by atoms with E-state index in [1.54, 1.807) is 18.4 Å². The van der Waals surface area contributed by atoms with Crippen LogP contribution in [0.15, 0.2) is 24.1 Å². The number of ether oxygens (including phenoxy) is 1. The van der Waals surface area contributed by atoms with Crippen molar-refractivity contribution in [3.8, 4) is 5.75 Å². The van der Waals surface area contributed by atoms with Crippen molar-refractivity contribution in [2.75, 3.05) is 13.7 Å². The first-order valence-corrected chi connectivity index (χ1v) is 7.66. The van der Waals surface area contributed by atoms with E-state index in [9.17, 15) is 0 Å². The van der Waals surface area contributed by atoms with Crippen LogP contribution < -0.4 is 10.1 Å². The fourth-order valence-corrected chi connectivity index (χ4v) is 3.00. The van der Waals surface area contributed by atoms with E-state index in [0.29, 0.717) is 6.04 Å². The number of rotatable bonds is 10. The van der Waals surface area contributed by atoms with Gasteiger partial charge in [0.1, 0.15) is 5.75 Å². The number of allylic oxidation sites excluding steroid dienone is 1. The minimum atomic E-state index is 0.479. The van der Waals surface area contributed by atoms with E-state index in [4.69, 9.17) is 4.74 Å². The highest BCUT2D eigenvalue weighted by atomic mass is 32.1.